The molecule has 1 aromatic heterocycles. The van der Waals surface area contributed by atoms with Crippen LogP contribution in [0.4, 0.5) is 0 Å². The van der Waals surface area contributed by atoms with Gasteiger partial charge in [0, 0.05) is 5.39 Å². The average molecular weight is 213 g/mol. The molecule has 1 heterocycles. The topological polar surface area (TPSA) is 28.7 Å². The third kappa shape index (κ3) is 1.87. The van der Waals surface area contributed by atoms with Gasteiger partial charge in [-0.25, -0.2) is 4.98 Å². The van der Waals surface area contributed by atoms with E-state index in [9.17, 15) is 0 Å². The zero-order valence-electron chi connectivity index (χ0n) is 6.04. The van der Waals surface area contributed by atoms with Crippen LogP contribution in [-0.4, -0.2) is 9.97 Å². The lowest BCUT2D eigenvalue weighted by Crippen LogP contribution is -1.84. The normalized spacial score (nSPS) is 9.62. The van der Waals surface area contributed by atoms with Gasteiger partial charge >= 0.3 is 0 Å². The molecule has 0 saturated carbocycles. The molecule has 0 aliphatic rings. The van der Waals surface area contributed by atoms with E-state index >= 15 is 0 Å². The smallest absolute Gasteiger partial charge is 0.198 e. The van der Waals surface area contributed by atoms with E-state index in [1.165, 1.54) is 0 Å². The second-order valence-corrected chi connectivity index (χ2v) is 3.14. The number of fused-ring (bicyclic) bond motifs is 1. The van der Waals surface area contributed by atoms with Crippen molar-refractivity contribution in [3.63, 3.8) is 0 Å². The summed E-state index contributed by atoms with van der Waals surface area (Å²) in [5.74, 6) is 0. The number of para-hydroxylation sites is 1. The molecule has 0 aliphatic carbocycles. The fourth-order valence-corrected chi connectivity index (χ4v) is 1.56. The number of rotatable bonds is 0. The molecule has 1 aromatic carbocycles. The van der Waals surface area contributed by atoms with Crippen molar-refractivity contribution in [2.24, 2.45) is 0 Å². The minimum absolute atomic E-state index is 0. The maximum Gasteiger partial charge on any atom is 0.198 e. The van der Waals surface area contributed by atoms with Crippen molar-refractivity contribution >= 4 is 34.7 Å². The summed E-state index contributed by atoms with van der Waals surface area (Å²) in [6, 6.07) is 7.59. The third-order valence-electron chi connectivity index (χ3n) is 1.58. The van der Waals surface area contributed by atoms with E-state index in [2.05, 4.69) is 9.97 Å². The predicted molar refractivity (Wildman–Crippen MR) is 58.7 cm³/mol. The highest BCUT2D eigenvalue weighted by Gasteiger charge is 1.97. The summed E-state index contributed by atoms with van der Waals surface area (Å²) in [4.78, 5) is 6.89. The number of nitrogens with zero attached hydrogens (tertiary/aromatic N) is 1. The van der Waals surface area contributed by atoms with Gasteiger partial charge in [-0.1, -0.05) is 31.2 Å². The molecule has 0 saturated heterocycles. The van der Waals surface area contributed by atoms with E-state index in [-0.39, 0.29) is 7.43 Å². The number of hydrogen-bond acceptors (Lipinski definition) is 2. The van der Waals surface area contributed by atoms with Crippen molar-refractivity contribution in [1.82, 2.24) is 9.97 Å². The molecule has 1 N–H and O–H groups in total. The third-order valence-corrected chi connectivity index (χ3v) is 2.07. The van der Waals surface area contributed by atoms with Gasteiger partial charge in [0.05, 0.1) is 5.52 Å². The van der Waals surface area contributed by atoms with Gasteiger partial charge in [-0.15, -0.1) is 0 Å². The van der Waals surface area contributed by atoms with Crippen LogP contribution in [0.15, 0.2) is 24.3 Å². The van der Waals surface area contributed by atoms with Crippen LogP contribution in [0.25, 0.3) is 10.9 Å². The van der Waals surface area contributed by atoms with Gasteiger partial charge in [0.2, 0.25) is 0 Å². The van der Waals surface area contributed by atoms with E-state index in [0.717, 1.165) is 10.9 Å². The van der Waals surface area contributed by atoms with Gasteiger partial charge in [-0.3, -0.25) is 0 Å². The first-order valence-electron chi connectivity index (χ1n) is 3.42. The lowest BCUT2D eigenvalue weighted by atomic mass is 10.2. The molecule has 13 heavy (non-hydrogen) atoms. The van der Waals surface area contributed by atoms with Crippen LogP contribution in [0.1, 0.15) is 7.43 Å². The van der Waals surface area contributed by atoms with E-state index in [4.69, 9.17) is 23.8 Å². The van der Waals surface area contributed by atoms with Crippen LogP contribution in [0.2, 0.25) is 5.15 Å². The molecule has 2 rings (SSSR count). The molecule has 0 spiro atoms. The van der Waals surface area contributed by atoms with Gasteiger partial charge in [0.15, 0.2) is 4.77 Å². The maximum atomic E-state index is 5.90. The second kappa shape index (κ2) is 3.85. The summed E-state index contributed by atoms with van der Waals surface area (Å²) in [6.45, 7) is 0. The zero-order chi connectivity index (χ0) is 8.55. The monoisotopic (exact) mass is 212 g/mol. The Kier molecular flexibility index (Phi) is 3.01. The van der Waals surface area contributed by atoms with Crippen LogP contribution < -0.4 is 0 Å². The number of hydrogen-bond donors (Lipinski definition) is 1. The van der Waals surface area contributed by atoms with Crippen molar-refractivity contribution in [3.8, 4) is 0 Å². The van der Waals surface area contributed by atoms with Crippen molar-refractivity contribution in [2.75, 3.05) is 0 Å². The molecule has 0 radical (unpaired) electrons. The molecule has 2 nitrogen and oxygen atoms in total. The van der Waals surface area contributed by atoms with E-state index in [0.29, 0.717) is 9.92 Å². The van der Waals surface area contributed by atoms with Crippen molar-refractivity contribution in [3.05, 3.63) is 34.2 Å². The first kappa shape index (κ1) is 10.2. The Morgan fingerprint density at radius 2 is 2.00 bits per heavy atom. The van der Waals surface area contributed by atoms with Gasteiger partial charge in [-0.05, 0) is 24.4 Å². The van der Waals surface area contributed by atoms with Crippen molar-refractivity contribution < 1.29 is 0 Å². The lowest BCUT2D eigenvalue weighted by Gasteiger charge is -1.97. The molecule has 4 heteroatoms. The first-order chi connectivity index (χ1) is 5.77. The predicted octanol–water partition coefficient (Wildman–Crippen LogP) is 3.58. The quantitative estimate of drug-likeness (QED) is 0.534. The molecule has 0 amide bonds. The van der Waals surface area contributed by atoms with Gasteiger partial charge in [0.25, 0.3) is 0 Å². The van der Waals surface area contributed by atoms with Crippen LogP contribution in [0, 0.1) is 4.77 Å². The lowest BCUT2D eigenvalue weighted by molar-refractivity contribution is 1.19. The highest BCUT2D eigenvalue weighted by atomic mass is 35.5. The Balaban J connectivity index is 0.000000845. The number of benzene rings is 1. The Morgan fingerprint density at radius 3 is 2.77 bits per heavy atom. The number of nitrogens with one attached hydrogen (secondary N) is 1. The highest BCUT2D eigenvalue weighted by molar-refractivity contribution is 7.71. The van der Waals surface area contributed by atoms with Crippen LogP contribution >= 0.6 is 23.8 Å². The SMILES string of the molecule is C.S=c1nc2ccccc2c(Cl)[nH]1. The summed E-state index contributed by atoms with van der Waals surface area (Å²) in [5.41, 5.74) is 0.825. The number of aromatic nitrogens is 2. The average Bonchev–Trinajstić information content (AvgIpc) is 2.04. The summed E-state index contributed by atoms with van der Waals surface area (Å²) in [7, 11) is 0. The van der Waals surface area contributed by atoms with Gasteiger partial charge in [-0.2, -0.15) is 0 Å². The van der Waals surface area contributed by atoms with Gasteiger partial charge in [0.1, 0.15) is 5.15 Å². The van der Waals surface area contributed by atoms with E-state index in [1.807, 2.05) is 24.3 Å². The first-order valence-corrected chi connectivity index (χ1v) is 4.20. The number of halogens is 1. The molecule has 68 valence electrons. The van der Waals surface area contributed by atoms with Crippen LogP contribution in [0.5, 0.6) is 0 Å². The Bertz CT molecular complexity index is 478. The molecule has 0 fully saturated rings. The molecule has 0 aliphatic heterocycles. The molecule has 0 unspecified atom stereocenters. The van der Waals surface area contributed by atoms with E-state index < -0.39 is 0 Å². The zero-order valence-corrected chi connectivity index (χ0v) is 7.62. The molecule has 0 bridgehead atoms. The molecule has 2 aromatic rings. The molecular formula is C9H9ClN2S. The standard InChI is InChI=1S/C8H5ClN2S.CH4/c9-7-5-3-1-2-4-6(5)10-8(12)11-7;/h1-4H,(H,10,11,12);1H4. The van der Waals surface area contributed by atoms with Gasteiger partial charge < -0.3 is 4.98 Å². The Hall–Kier alpha value is -0.930. The molecule has 0 atom stereocenters. The number of aromatic amines is 1. The van der Waals surface area contributed by atoms with Crippen molar-refractivity contribution in [1.29, 1.82) is 0 Å². The minimum Gasteiger partial charge on any atom is -0.321 e. The highest BCUT2D eigenvalue weighted by Crippen LogP contribution is 2.18. The molecular weight excluding hydrogens is 204 g/mol. The van der Waals surface area contributed by atoms with Crippen molar-refractivity contribution in [2.45, 2.75) is 7.43 Å². The van der Waals surface area contributed by atoms with Crippen LogP contribution in [-0.2, 0) is 0 Å². The maximum absolute atomic E-state index is 5.90. The summed E-state index contributed by atoms with van der Waals surface area (Å²) in [5, 5.41) is 1.44. The largest absolute Gasteiger partial charge is 0.321 e. The second-order valence-electron chi connectivity index (χ2n) is 2.37. The minimum atomic E-state index is 0. The summed E-state index contributed by atoms with van der Waals surface area (Å²) < 4.78 is 0.415. The fraction of sp³-hybridized carbons (Fsp3) is 0.111. The van der Waals surface area contributed by atoms with Crippen LogP contribution in [0.3, 0.4) is 0 Å². The summed E-state index contributed by atoms with van der Waals surface area (Å²) >= 11 is 10.8. The van der Waals surface area contributed by atoms with E-state index in [1.54, 1.807) is 0 Å². The number of H-pyrrole nitrogens is 1. The summed E-state index contributed by atoms with van der Waals surface area (Å²) in [6.07, 6.45) is 0. The Labute approximate surface area is 86.6 Å². The fourth-order valence-electron chi connectivity index (χ4n) is 1.06. The Morgan fingerprint density at radius 1 is 1.31 bits per heavy atom.